The number of hydrogen-bond acceptors (Lipinski definition) is 5. The van der Waals surface area contributed by atoms with E-state index in [1.807, 2.05) is 48.5 Å². The summed E-state index contributed by atoms with van der Waals surface area (Å²) in [4.78, 5) is 32.7. The average molecular weight is 447 g/mol. The number of nitrogens with one attached hydrogen (secondary N) is 1. The monoisotopic (exact) mass is 446 g/mol. The Kier molecular flexibility index (Phi) is 4.59. The molecule has 0 amide bonds. The molecule has 5 heterocycles. The molecule has 1 N–H and O–H groups in total. The smallest absolute Gasteiger partial charge is 0.200 e. The van der Waals surface area contributed by atoms with E-state index in [2.05, 4.69) is 40.1 Å². The standard InChI is InChI=1S/C27H18N4OS/c1-16-7-10-24(33-16)25-19(17-8-9-22-18(13-17)5-4-12-28-22)14-20-26(32)21(15-30-27(20)31-25)23-6-2-3-11-29-23/h2-15H,1H3,(H,30,31,32). The van der Waals surface area contributed by atoms with Crippen LogP contribution < -0.4 is 5.43 Å². The van der Waals surface area contributed by atoms with Crippen molar-refractivity contribution in [2.75, 3.05) is 0 Å². The molecule has 158 valence electrons. The lowest BCUT2D eigenvalue weighted by atomic mass is 9.99. The molecule has 0 bridgehead atoms. The SMILES string of the molecule is Cc1ccc(-c2nc3[nH]cc(-c4ccccn4)c(=O)c3cc2-c2ccc3ncccc3c2)s1. The number of H-pyrrole nitrogens is 1. The fourth-order valence-electron chi connectivity index (χ4n) is 4.07. The van der Waals surface area contributed by atoms with Crippen molar-refractivity contribution >= 4 is 33.3 Å². The van der Waals surface area contributed by atoms with Crippen molar-refractivity contribution in [3.8, 4) is 33.0 Å². The zero-order valence-corrected chi connectivity index (χ0v) is 18.6. The predicted molar refractivity (Wildman–Crippen MR) is 134 cm³/mol. The van der Waals surface area contributed by atoms with Gasteiger partial charge >= 0.3 is 0 Å². The van der Waals surface area contributed by atoms with Crippen LogP contribution in [0.1, 0.15) is 4.88 Å². The second-order valence-corrected chi connectivity index (χ2v) is 9.14. The number of hydrogen-bond donors (Lipinski definition) is 1. The van der Waals surface area contributed by atoms with Crippen LogP contribution in [0.4, 0.5) is 0 Å². The minimum atomic E-state index is -0.0902. The van der Waals surface area contributed by atoms with Gasteiger partial charge in [-0.2, -0.15) is 0 Å². The summed E-state index contributed by atoms with van der Waals surface area (Å²) in [6, 6.07) is 21.8. The van der Waals surface area contributed by atoms with Crippen molar-refractivity contribution in [1.82, 2.24) is 19.9 Å². The van der Waals surface area contributed by atoms with Crippen molar-refractivity contribution < 1.29 is 0 Å². The molecule has 1 aromatic carbocycles. The lowest BCUT2D eigenvalue weighted by Crippen LogP contribution is -2.09. The van der Waals surface area contributed by atoms with Crippen LogP contribution in [0.2, 0.25) is 0 Å². The molecule has 0 aliphatic rings. The third-order valence-corrected chi connectivity index (χ3v) is 6.70. The van der Waals surface area contributed by atoms with Gasteiger partial charge in [-0.1, -0.05) is 18.2 Å². The molecule has 0 saturated carbocycles. The lowest BCUT2D eigenvalue weighted by molar-refractivity contribution is 1.26. The maximum absolute atomic E-state index is 13.5. The van der Waals surface area contributed by atoms with Gasteiger partial charge < -0.3 is 4.98 Å². The van der Waals surface area contributed by atoms with Crippen LogP contribution in [0.5, 0.6) is 0 Å². The Labute approximate surface area is 193 Å². The lowest BCUT2D eigenvalue weighted by Gasteiger charge is -2.11. The molecule has 0 saturated heterocycles. The van der Waals surface area contributed by atoms with E-state index in [0.29, 0.717) is 22.3 Å². The van der Waals surface area contributed by atoms with E-state index in [1.165, 1.54) is 4.88 Å². The number of rotatable bonds is 3. The molecule has 0 aliphatic carbocycles. The van der Waals surface area contributed by atoms with Gasteiger partial charge in [0.05, 0.1) is 32.7 Å². The molecular formula is C27H18N4OS. The van der Waals surface area contributed by atoms with Gasteiger partial charge in [0, 0.05) is 34.4 Å². The topological polar surface area (TPSA) is 71.5 Å². The molecule has 0 unspecified atom stereocenters. The van der Waals surface area contributed by atoms with E-state index >= 15 is 0 Å². The number of aromatic nitrogens is 4. The van der Waals surface area contributed by atoms with Crippen LogP contribution in [0.3, 0.4) is 0 Å². The van der Waals surface area contributed by atoms with Gasteiger partial charge in [0.1, 0.15) is 5.65 Å². The summed E-state index contributed by atoms with van der Waals surface area (Å²) in [5.74, 6) is 0. The fraction of sp³-hybridized carbons (Fsp3) is 0.0370. The van der Waals surface area contributed by atoms with Crippen LogP contribution in [-0.2, 0) is 0 Å². The Morgan fingerprint density at radius 3 is 2.61 bits per heavy atom. The number of nitrogens with zero attached hydrogens (tertiary/aromatic N) is 3. The largest absolute Gasteiger partial charge is 0.345 e. The zero-order chi connectivity index (χ0) is 22.4. The summed E-state index contributed by atoms with van der Waals surface area (Å²) in [6.45, 7) is 2.08. The zero-order valence-electron chi connectivity index (χ0n) is 17.7. The first-order valence-electron chi connectivity index (χ1n) is 10.6. The van der Waals surface area contributed by atoms with Gasteiger partial charge in [-0.3, -0.25) is 14.8 Å². The molecule has 6 heteroatoms. The first-order chi connectivity index (χ1) is 16.2. The number of aromatic amines is 1. The summed E-state index contributed by atoms with van der Waals surface area (Å²) in [5, 5.41) is 1.58. The summed E-state index contributed by atoms with van der Waals surface area (Å²) in [5.41, 5.74) is 5.32. The number of benzene rings is 1. The number of thiophene rings is 1. The normalized spacial score (nSPS) is 11.3. The number of aryl methyl sites for hydroxylation is 1. The molecule has 0 atom stereocenters. The van der Waals surface area contributed by atoms with E-state index in [0.717, 1.165) is 32.6 Å². The predicted octanol–water partition coefficient (Wildman–Crippen LogP) is 6.24. The Hall–Kier alpha value is -4.16. The van der Waals surface area contributed by atoms with Crippen LogP contribution in [0.25, 0.3) is 54.9 Å². The van der Waals surface area contributed by atoms with E-state index < -0.39 is 0 Å². The minimum absolute atomic E-state index is 0.0902. The molecular weight excluding hydrogens is 428 g/mol. The Morgan fingerprint density at radius 2 is 1.79 bits per heavy atom. The molecule has 0 spiro atoms. The highest BCUT2D eigenvalue weighted by Gasteiger charge is 2.17. The number of pyridine rings is 4. The third kappa shape index (κ3) is 3.41. The highest BCUT2D eigenvalue weighted by atomic mass is 32.1. The maximum Gasteiger partial charge on any atom is 0.200 e. The van der Waals surface area contributed by atoms with Crippen molar-refractivity contribution in [1.29, 1.82) is 0 Å². The average Bonchev–Trinajstić information content (AvgIpc) is 3.30. The van der Waals surface area contributed by atoms with Crippen LogP contribution in [0.15, 0.2) is 90.1 Å². The molecule has 0 radical (unpaired) electrons. The van der Waals surface area contributed by atoms with E-state index in [9.17, 15) is 4.79 Å². The van der Waals surface area contributed by atoms with E-state index in [-0.39, 0.29) is 5.43 Å². The molecule has 5 nitrogen and oxygen atoms in total. The third-order valence-electron chi connectivity index (χ3n) is 5.69. The van der Waals surface area contributed by atoms with Crippen molar-refractivity contribution in [3.05, 3.63) is 100 Å². The molecule has 6 aromatic rings. The molecule has 6 rings (SSSR count). The Balaban J connectivity index is 1.65. The highest BCUT2D eigenvalue weighted by Crippen LogP contribution is 2.37. The first-order valence-corrected chi connectivity index (χ1v) is 11.4. The van der Waals surface area contributed by atoms with E-state index in [1.54, 1.807) is 29.9 Å². The van der Waals surface area contributed by atoms with Gasteiger partial charge in [-0.25, -0.2) is 4.98 Å². The van der Waals surface area contributed by atoms with Crippen molar-refractivity contribution in [2.24, 2.45) is 0 Å². The quantitative estimate of drug-likeness (QED) is 0.349. The van der Waals surface area contributed by atoms with Gasteiger partial charge in [0.25, 0.3) is 0 Å². The van der Waals surface area contributed by atoms with Crippen LogP contribution >= 0.6 is 11.3 Å². The van der Waals surface area contributed by atoms with Gasteiger partial charge in [0.15, 0.2) is 5.43 Å². The van der Waals surface area contributed by atoms with E-state index in [4.69, 9.17) is 4.98 Å². The summed E-state index contributed by atoms with van der Waals surface area (Å²) >= 11 is 1.69. The fourth-order valence-corrected chi connectivity index (χ4v) is 4.94. The Morgan fingerprint density at radius 1 is 0.879 bits per heavy atom. The molecule has 0 aliphatic heterocycles. The highest BCUT2D eigenvalue weighted by molar-refractivity contribution is 7.15. The number of fused-ring (bicyclic) bond motifs is 2. The first kappa shape index (κ1) is 19.5. The van der Waals surface area contributed by atoms with Crippen LogP contribution in [-0.4, -0.2) is 19.9 Å². The molecule has 5 aromatic heterocycles. The Bertz CT molecular complexity index is 1700. The molecule has 33 heavy (non-hydrogen) atoms. The second-order valence-electron chi connectivity index (χ2n) is 7.85. The van der Waals surface area contributed by atoms with Crippen LogP contribution in [0, 0.1) is 6.92 Å². The maximum atomic E-state index is 13.5. The van der Waals surface area contributed by atoms with Crippen molar-refractivity contribution in [2.45, 2.75) is 6.92 Å². The van der Waals surface area contributed by atoms with Gasteiger partial charge in [0.2, 0.25) is 0 Å². The second kappa shape index (κ2) is 7.76. The molecule has 0 fully saturated rings. The van der Waals surface area contributed by atoms with Crippen molar-refractivity contribution in [3.63, 3.8) is 0 Å². The summed E-state index contributed by atoms with van der Waals surface area (Å²) in [7, 11) is 0. The van der Waals surface area contributed by atoms with Gasteiger partial charge in [-0.05, 0) is 61.0 Å². The minimum Gasteiger partial charge on any atom is -0.345 e. The van der Waals surface area contributed by atoms with Gasteiger partial charge in [-0.15, -0.1) is 11.3 Å². The summed E-state index contributed by atoms with van der Waals surface area (Å²) in [6.07, 6.45) is 5.18. The summed E-state index contributed by atoms with van der Waals surface area (Å²) < 4.78 is 0.